The Morgan fingerprint density at radius 3 is 2.24 bits per heavy atom. The third-order valence-corrected chi connectivity index (χ3v) is 4.82. The lowest BCUT2D eigenvalue weighted by Crippen LogP contribution is -3.14. The first-order valence-electron chi connectivity index (χ1n) is 8.92. The van der Waals surface area contributed by atoms with Crippen LogP contribution in [0, 0.1) is 0 Å². The molecule has 0 saturated carbocycles. The molecule has 1 aliphatic rings. The second kappa shape index (κ2) is 8.08. The summed E-state index contributed by atoms with van der Waals surface area (Å²) in [5, 5.41) is 3.07. The number of carbonyl (C=O) groups is 2. The predicted octanol–water partition coefficient (Wildman–Crippen LogP) is 1.78. The number of ketones is 1. The van der Waals surface area contributed by atoms with E-state index in [1.807, 2.05) is 25.1 Å². The quantitative estimate of drug-likeness (QED) is 0.874. The molecule has 1 aliphatic heterocycles. The molecule has 3 rings (SSSR count). The number of quaternary nitrogens is 1. The molecule has 2 aromatic carbocycles. The summed E-state index contributed by atoms with van der Waals surface area (Å²) in [5.41, 5.74) is 3.45. The van der Waals surface area contributed by atoms with Gasteiger partial charge in [-0.2, -0.15) is 0 Å². The first kappa shape index (κ1) is 17.4. The van der Waals surface area contributed by atoms with Crippen molar-refractivity contribution < 1.29 is 14.5 Å². The normalized spacial score (nSPS) is 16.4. The van der Waals surface area contributed by atoms with Crippen LogP contribution in [0.5, 0.6) is 0 Å². The van der Waals surface area contributed by atoms with E-state index in [9.17, 15) is 9.59 Å². The van der Waals surface area contributed by atoms with Crippen LogP contribution in [0.2, 0.25) is 0 Å². The zero-order valence-corrected chi connectivity index (χ0v) is 14.6. The molecule has 4 nitrogen and oxygen atoms in total. The Bertz CT molecular complexity index is 715. The molecule has 4 heteroatoms. The van der Waals surface area contributed by atoms with E-state index in [0.717, 1.165) is 18.7 Å². The van der Waals surface area contributed by atoms with E-state index in [-0.39, 0.29) is 11.9 Å². The Morgan fingerprint density at radius 2 is 1.60 bits per heavy atom. The monoisotopic (exact) mass is 337 g/mol. The highest BCUT2D eigenvalue weighted by molar-refractivity contribution is 5.79. The number of carbonyl (C=O) groups excluding carboxylic acids is 2. The zero-order valence-electron chi connectivity index (χ0n) is 14.6. The highest BCUT2D eigenvalue weighted by Crippen LogP contribution is 2.21. The average Bonchev–Trinajstić information content (AvgIpc) is 2.64. The van der Waals surface area contributed by atoms with Gasteiger partial charge in [-0.15, -0.1) is 0 Å². The lowest BCUT2D eigenvalue weighted by molar-refractivity contribution is -0.893. The fraction of sp³-hybridized carbons (Fsp3) is 0.333. The number of hydrogen-bond donors (Lipinski definition) is 2. The van der Waals surface area contributed by atoms with Crippen LogP contribution in [-0.2, 0) is 9.59 Å². The molecule has 0 aliphatic carbocycles. The zero-order chi connectivity index (χ0) is 17.6. The summed E-state index contributed by atoms with van der Waals surface area (Å²) in [7, 11) is 0. The summed E-state index contributed by atoms with van der Waals surface area (Å²) >= 11 is 0. The van der Waals surface area contributed by atoms with Crippen LogP contribution in [0.3, 0.4) is 0 Å². The molecule has 2 N–H and O–H groups in total. The molecule has 0 spiro atoms. The van der Waals surface area contributed by atoms with Gasteiger partial charge in [-0.1, -0.05) is 54.6 Å². The van der Waals surface area contributed by atoms with Crippen molar-refractivity contribution in [2.45, 2.75) is 25.8 Å². The van der Waals surface area contributed by atoms with E-state index in [1.54, 1.807) is 0 Å². The minimum absolute atomic E-state index is 0.0249. The highest BCUT2D eigenvalue weighted by atomic mass is 16.2. The van der Waals surface area contributed by atoms with Gasteiger partial charge in [-0.3, -0.25) is 9.59 Å². The molecule has 25 heavy (non-hydrogen) atoms. The molecule has 1 atom stereocenters. The van der Waals surface area contributed by atoms with Gasteiger partial charge in [0.15, 0.2) is 6.54 Å². The van der Waals surface area contributed by atoms with Gasteiger partial charge in [0, 0.05) is 0 Å². The number of hydrogen-bond acceptors (Lipinski definition) is 2. The summed E-state index contributed by atoms with van der Waals surface area (Å²) in [6.45, 7) is 3.99. The van der Waals surface area contributed by atoms with Crippen LogP contribution in [0.1, 0.15) is 31.4 Å². The van der Waals surface area contributed by atoms with Crippen LogP contribution in [0.4, 0.5) is 0 Å². The number of nitrogens with one attached hydrogen (secondary N) is 2. The average molecular weight is 337 g/mol. The van der Waals surface area contributed by atoms with Crippen molar-refractivity contribution in [3.8, 4) is 11.1 Å². The van der Waals surface area contributed by atoms with Crippen molar-refractivity contribution >= 4 is 11.7 Å². The van der Waals surface area contributed by atoms with E-state index < -0.39 is 0 Å². The number of likely N-dealkylation sites (tertiary alicyclic amines) is 1. The Balaban J connectivity index is 1.55. The van der Waals surface area contributed by atoms with Crippen molar-refractivity contribution in [2.75, 3.05) is 19.6 Å². The molecule has 0 bridgehead atoms. The minimum atomic E-state index is -0.0249. The SMILES string of the molecule is C[C@H](NC(=O)C[NH+]1CCC(=O)CC1)c1ccc(-c2ccccc2)cc1. The van der Waals surface area contributed by atoms with E-state index in [4.69, 9.17) is 0 Å². The molecular formula is C21H25N2O2+. The van der Waals surface area contributed by atoms with Crippen molar-refractivity contribution in [3.05, 3.63) is 60.2 Å². The molecule has 1 fully saturated rings. The van der Waals surface area contributed by atoms with Crippen LogP contribution in [-0.4, -0.2) is 31.3 Å². The topological polar surface area (TPSA) is 50.6 Å². The van der Waals surface area contributed by atoms with Crippen LogP contribution >= 0.6 is 0 Å². The second-order valence-corrected chi connectivity index (χ2v) is 6.74. The fourth-order valence-corrected chi connectivity index (χ4v) is 3.26. The first-order valence-corrected chi connectivity index (χ1v) is 8.92. The van der Waals surface area contributed by atoms with Gasteiger partial charge in [0.1, 0.15) is 5.78 Å². The Kier molecular flexibility index (Phi) is 5.61. The molecule has 130 valence electrons. The van der Waals surface area contributed by atoms with Crippen LogP contribution in [0.15, 0.2) is 54.6 Å². The van der Waals surface area contributed by atoms with Crippen LogP contribution < -0.4 is 10.2 Å². The maximum absolute atomic E-state index is 12.2. The third kappa shape index (κ3) is 4.77. The van der Waals surface area contributed by atoms with E-state index in [0.29, 0.717) is 25.2 Å². The maximum atomic E-state index is 12.2. The van der Waals surface area contributed by atoms with E-state index >= 15 is 0 Å². The Hall–Kier alpha value is -2.46. The molecular weight excluding hydrogens is 312 g/mol. The molecule has 2 aromatic rings. The van der Waals surface area contributed by atoms with Gasteiger partial charge in [0.05, 0.1) is 32.0 Å². The lowest BCUT2D eigenvalue weighted by Gasteiger charge is -2.23. The van der Waals surface area contributed by atoms with Crippen molar-refractivity contribution in [1.82, 2.24) is 5.32 Å². The summed E-state index contributed by atoms with van der Waals surface area (Å²) in [6, 6.07) is 18.5. The van der Waals surface area contributed by atoms with Crippen molar-refractivity contribution in [1.29, 1.82) is 0 Å². The molecule has 0 unspecified atom stereocenters. The summed E-state index contributed by atoms with van der Waals surface area (Å²) in [6.07, 6.45) is 1.19. The molecule has 1 amide bonds. The molecule has 0 aromatic heterocycles. The smallest absolute Gasteiger partial charge is 0.275 e. The van der Waals surface area contributed by atoms with Gasteiger partial charge < -0.3 is 10.2 Å². The Morgan fingerprint density at radius 1 is 1.00 bits per heavy atom. The van der Waals surface area contributed by atoms with Gasteiger partial charge in [-0.25, -0.2) is 0 Å². The molecule has 1 heterocycles. The minimum Gasteiger partial charge on any atom is -0.345 e. The van der Waals surface area contributed by atoms with Gasteiger partial charge in [0.2, 0.25) is 0 Å². The number of Topliss-reactive ketones (excluding diaryl/α,β-unsaturated/α-hetero) is 1. The first-order chi connectivity index (χ1) is 12.1. The fourth-order valence-electron chi connectivity index (χ4n) is 3.26. The number of rotatable bonds is 5. The lowest BCUT2D eigenvalue weighted by atomic mass is 10.0. The predicted molar refractivity (Wildman–Crippen MR) is 98.2 cm³/mol. The highest BCUT2D eigenvalue weighted by Gasteiger charge is 2.22. The Labute approximate surface area is 148 Å². The largest absolute Gasteiger partial charge is 0.345 e. The van der Waals surface area contributed by atoms with E-state index in [1.165, 1.54) is 16.0 Å². The standard InChI is InChI=1S/C21H24N2O2/c1-16(22-21(25)15-23-13-11-20(24)12-14-23)17-7-9-19(10-8-17)18-5-3-2-4-6-18/h2-10,16H,11-15H2,1H3,(H,22,25)/p+1/t16-/m0/s1. The number of piperidine rings is 1. The molecule has 1 saturated heterocycles. The number of amides is 1. The summed E-state index contributed by atoms with van der Waals surface area (Å²) < 4.78 is 0. The summed E-state index contributed by atoms with van der Waals surface area (Å²) in [5.74, 6) is 0.361. The van der Waals surface area contributed by atoms with E-state index in [2.05, 4.69) is 41.7 Å². The van der Waals surface area contributed by atoms with Crippen molar-refractivity contribution in [3.63, 3.8) is 0 Å². The van der Waals surface area contributed by atoms with Gasteiger partial charge in [0.25, 0.3) is 5.91 Å². The maximum Gasteiger partial charge on any atom is 0.275 e. The third-order valence-electron chi connectivity index (χ3n) is 4.82. The summed E-state index contributed by atoms with van der Waals surface area (Å²) in [4.78, 5) is 24.7. The number of benzene rings is 2. The van der Waals surface area contributed by atoms with Crippen molar-refractivity contribution in [2.24, 2.45) is 0 Å². The van der Waals surface area contributed by atoms with Gasteiger partial charge in [-0.05, 0) is 23.6 Å². The second-order valence-electron chi connectivity index (χ2n) is 6.74. The van der Waals surface area contributed by atoms with Gasteiger partial charge >= 0.3 is 0 Å². The van der Waals surface area contributed by atoms with Crippen LogP contribution in [0.25, 0.3) is 11.1 Å². The molecule has 0 radical (unpaired) electrons.